The topological polar surface area (TPSA) is 116 Å². The van der Waals surface area contributed by atoms with Crippen LogP contribution in [0.3, 0.4) is 0 Å². The average Bonchev–Trinajstić information content (AvgIpc) is 3.23. The summed E-state index contributed by atoms with van der Waals surface area (Å²) >= 11 is 6.39. The predicted octanol–water partition coefficient (Wildman–Crippen LogP) is 5.97. The molecule has 4 N–H and O–H groups in total. The summed E-state index contributed by atoms with van der Waals surface area (Å²) in [6.07, 6.45) is -1.47. The minimum absolute atomic E-state index is 0.00929. The molecule has 0 saturated heterocycles. The van der Waals surface area contributed by atoms with Crippen molar-refractivity contribution in [3.8, 4) is 11.3 Å². The number of hydrogen-bond acceptors (Lipinski definition) is 4. The van der Waals surface area contributed by atoms with Crippen molar-refractivity contribution in [3.63, 3.8) is 0 Å². The van der Waals surface area contributed by atoms with Gasteiger partial charge in [-0.3, -0.25) is 14.4 Å². The summed E-state index contributed by atoms with van der Waals surface area (Å²) in [5.41, 5.74) is -0.456. The second-order valence-corrected chi connectivity index (χ2v) is 9.30. The monoisotopic (exact) mass is 581 g/mol. The summed E-state index contributed by atoms with van der Waals surface area (Å²) in [4.78, 5) is 44.0. The van der Waals surface area contributed by atoms with E-state index in [2.05, 4.69) is 20.6 Å². The van der Waals surface area contributed by atoms with Crippen LogP contribution in [0.15, 0.2) is 42.5 Å². The Morgan fingerprint density at radius 2 is 1.80 bits per heavy atom. The maximum atomic E-state index is 14.4. The molecule has 0 aliphatic carbocycles. The number of aromatic amines is 1. The van der Waals surface area contributed by atoms with Crippen LogP contribution in [0, 0.1) is 18.6 Å². The van der Waals surface area contributed by atoms with Crippen LogP contribution in [0.4, 0.5) is 33.3 Å². The number of imidazole rings is 1. The molecule has 0 saturated carbocycles. The minimum atomic E-state index is -5.13. The number of aryl methyl sites for hydroxylation is 1. The van der Waals surface area contributed by atoms with Crippen molar-refractivity contribution in [2.75, 3.05) is 10.6 Å². The highest BCUT2D eigenvalue weighted by molar-refractivity contribution is 6.32. The summed E-state index contributed by atoms with van der Waals surface area (Å²) in [5.74, 6) is -5.69. The fraction of sp³-hybridized carbons (Fsp3) is 0.231. The normalized spacial score (nSPS) is 16.5. The summed E-state index contributed by atoms with van der Waals surface area (Å²) in [6.45, 7) is 1.48. The van der Waals surface area contributed by atoms with Gasteiger partial charge < -0.3 is 20.9 Å². The predicted molar refractivity (Wildman–Crippen MR) is 137 cm³/mol. The van der Waals surface area contributed by atoms with Crippen LogP contribution < -0.4 is 16.0 Å². The van der Waals surface area contributed by atoms with E-state index in [4.69, 9.17) is 11.6 Å². The van der Waals surface area contributed by atoms with Gasteiger partial charge in [0.15, 0.2) is 0 Å². The second kappa shape index (κ2) is 11.5. The Morgan fingerprint density at radius 1 is 1.10 bits per heavy atom. The van der Waals surface area contributed by atoms with Gasteiger partial charge in [-0.05, 0) is 55.7 Å². The number of anilines is 2. The lowest BCUT2D eigenvalue weighted by Crippen LogP contribution is -2.30. The number of benzene rings is 2. The zero-order valence-corrected chi connectivity index (χ0v) is 21.4. The molecule has 0 radical (unpaired) electrons. The van der Waals surface area contributed by atoms with Gasteiger partial charge in [-0.2, -0.15) is 13.2 Å². The molecule has 1 aliphatic heterocycles. The molecule has 2 bridgehead atoms. The lowest BCUT2D eigenvalue weighted by Gasteiger charge is -2.16. The molecule has 3 aromatic rings. The minimum Gasteiger partial charge on any atom is -0.342 e. The van der Waals surface area contributed by atoms with E-state index in [-0.39, 0.29) is 52.9 Å². The van der Waals surface area contributed by atoms with E-state index in [0.29, 0.717) is 5.56 Å². The molecule has 1 aliphatic rings. The fourth-order valence-corrected chi connectivity index (χ4v) is 4.25. The maximum Gasteiger partial charge on any atom is 0.471 e. The Balaban J connectivity index is 1.73. The lowest BCUT2D eigenvalue weighted by atomic mass is 10.1. The lowest BCUT2D eigenvalue weighted by molar-refractivity contribution is -0.167. The fourth-order valence-electron chi connectivity index (χ4n) is 4.01. The number of carbonyl (C=O) groups excluding carboxylic acids is 3. The van der Waals surface area contributed by atoms with Crippen molar-refractivity contribution in [3.05, 3.63) is 76.2 Å². The first-order valence-electron chi connectivity index (χ1n) is 11.8. The zero-order valence-electron chi connectivity index (χ0n) is 20.7. The Morgan fingerprint density at radius 3 is 2.48 bits per heavy atom. The van der Waals surface area contributed by atoms with Crippen LogP contribution in [0.25, 0.3) is 11.3 Å². The van der Waals surface area contributed by atoms with E-state index in [1.54, 1.807) is 17.5 Å². The van der Waals surface area contributed by atoms with Gasteiger partial charge in [0.25, 0.3) is 5.91 Å². The van der Waals surface area contributed by atoms with Gasteiger partial charge in [0.2, 0.25) is 5.91 Å². The number of halogens is 6. The molecular formula is C26H21ClF5N5O3. The molecule has 2 heterocycles. The molecule has 210 valence electrons. The first-order valence-corrected chi connectivity index (χ1v) is 12.2. The summed E-state index contributed by atoms with van der Waals surface area (Å²) in [6, 6.07) is 4.71. The van der Waals surface area contributed by atoms with Gasteiger partial charge in [-0.15, -0.1) is 0 Å². The molecule has 3 amide bonds. The number of carbonyl (C=O) groups is 3. The molecule has 0 spiro atoms. The van der Waals surface area contributed by atoms with Gasteiger partial charge in [-0.1, -0.05) is 23.8 Å². The largest absolute Gasteiger partial charge is 0.471 e. The first kappa shape index (κ1) is 28.7. The Labute approximate surface area is 229 Å². The third-order valence-corrected chi connectivity index (χ3v) is 6.14. The van der Waals surface area contributed by atoms with Crippen LogP contribution in [-0.4, -0.2) is 33.9 Å². The van der Waals surface area contributed by atoms with Crippen molar-refractivity contribution in [1.82, 2.24) is 15.3 Å². The molecule has 14 heteroatoms. The van der Waals surface area contributed by atoms with E-state index >= 15 is 0 Å². The highest BCUT2D eigenvalue weighted by atomic mass is 35.5. The van der Waals surface area contributed by atoms with Crippen LogP contribution in [0.2, 0.25) is 5.15 Å². The van der Waals surface area contributed by atoms with Crippen molar-refractivity contribution in [2.45, 2.75) is 38.4 Å². The summed E-state index contributed by atoms with van der Waals surface area (Å²) < 4.78 is 67.1. The Bertz CT molecular complexity index is 1500. The number of amides is 3. The number of nitrogens with zero attached hydrogens (tertiary/aromatic N) is 1. The molecule has 1 atom stereocenters. The number of rotatable bonds is 3. The van der Waals surface area contributed by atoms with Gasteiger partial charge in [0.05, 0.1) is 11.7 Å². The molecule has 8 nitrogen and oxygen atoms in total. The molecule has 2 aromatic carbocycles. The molecular weight excluding hydrogens is 561 g/mol. The van der Waals surface area contributed by atoms with Crippen LogP contribution in [-0.2, 0) is 9.59 Å². The molecule has 0 unspecified atom stereocenters. The number of H-pyrrole nitrogens is 1. The molecule has 0 fully saturated rings. The number of aromatic nitrogens is 2. The van der Waals surface area contributed by atoms with Crippen LogP contribution >= 0.6 is 11.6 Å². The summed E-state index contributed by atoms with van der Waals surface area (Å²) in [7, 11) is 0. The SMILES string of the molecule is Cc1cc(F)c(C(=O)N[C@H]2C/C=C/CCC(=O)Nc3cc(NC(=O)C(F)(F)F)ccc3-c3nc2[nH]c3Cl)c(F)c1. The number of alkyl halides is 3. The standard InChI is InChI=1S/C26H21ClF5N5O3/c1-12-9-15(28)20(16(29)10-12)24(39)35-17-5-3-2-4-6-19(38)34-18-11-13(33-25(40)26(30,31)32)7-8-14(18)21-22(27)37-23(17)36-21/h2-3,7-11,17H,4-6H2,1H3,(H,33,40)(H,34,38)(H,35,39)(H,36,37)/b3-2+/t17-/m0/s1. The number of hydrogen-bond donors (Lipinski definition) is 4. The average molecular weight is 582 g/mol. The van der Waals surface area contributed by atoms with E-state index in [1.165, 1.54) is 19.1 Å². The van der Waals surface area contributed by atoms with Gasteiger partial charge in [-0.25, -0.2) is 13.8 Å². The van der Waals surface area contributed by atoms with Crippen molar-refractivity contribution >= 4 is 40.7 Å². The molecule has 40 heavy (non-hydrogen) atoms. The van der Waals surface area contributed by atoms with Crippen molar-refractivity contribution in [2.24, 2.45) is 0 Å². The van der Waals surface area contributed by atoms with Gasteiger partial charge in [0, 0.05) is 17.7 Å². The van der Waals surface area contributed by atoms with Gasteiger partial charge in [0.1, 0.15) is 33.9 Å². The van der Waals surface area contributed by atoms with E-state index < -0.39 is 47.1 Å². The summed E-state index contributed by atoms with van der Waals surface area (Å²) in [5, 5.41) is 6.80. The van der Waals surface area contributed by atoms with Crippen molar-refractivity contribution < 1.29 is 36.3 Å². The van der Waals surface area contributed by atoms with E-state index in [9.17, 15) is 36.3 Å². The number of fused-ring (bicyclic) bond motifs is 4. The smallest absolute Gasteiger partial charge is 0.342 e. The highest BCUT2D eigenvalue weighted by Crippen LogP contribution is 2.36. The third kappa shape index (κ3) is 6.47. The van der Waals surface area contributed by atoms with Crippen LogP contribution in [0.1, 0.15) is 47.1 Å². The Kier molecular flexibility index (Phi) is 8.24. The van der Waals surface area contributed by atoms with E-state index in [1.807, 2.05) is 0 Å². The number of allylic oxidation sites excluding steroid dienone is 1. The van der Waals surface area contributed by atoms with E-state index in [0.717, 1.165) is 18.2 Å². The quantitative estimate of drug-likeness (QED) is 0.225. The van der Waals surface area contributed by atoms with Crippen molar-refractivity contribution in [1.29, 1.82) is 0 Å². The first-order chi connectivity index (χ1) is 18.8. The van der Waals surface area contributed by atoms with Crippen LogP contribution in [0.5, 0.6) is 0 Å². The van der Waals surface area contributed by atoms with Gasteiger partial charge >= 0.3 is 12.1 Å². The Hall–Kier alpha value is -4.26. The maximum absolute atomic E-state index is 14.4. The molecule has 4 rings (SSSR count). The highest BCUT2D eigenvalue weighted by Gasteiger charge is 2.38. The number of nitrogens with one attached hydrogen (secondary N) is 4. The molecule has 1 aromatic heterocycles. The third-order valence-electron chi connectivity index (χ3n) is 5.87. The zero-order chi connectivity index (χ0) is 29.2. The second-order valence-electron chi connectivity index (χ2n) is 8.92.